The molecule has 0 heterocycles. The van der Waals surface area contributed by atoms with Gasteiger partial charge in [-0.15, -0.1) is 0 Å². The number of aryl methyl sites for hydroxylation is 2. The van der Waals surface area contributed by atoms with E-state index >= 15 is 0 Å². The molecule has 0 fully saturated rings. The van der Waals surface area contributed by atoms with Gasteiger partial charge >= 0.3 is 0 Å². The van der Waals surface area contributed by atoms with Crippen LogP contribution in [0.3, 0.4) is 0 Å². The maximum absolute atomic E-state index is 12.5. The van der Waals surface area contributed by atoms with Gasteiger partial charge in [-0.3, -0.25) is 4.79 Å². The molecule has 2 aromatic carbocycles. The van der Waals surface area contributed by atoms with Crippen molar-refractivity contribution >= 4 is 29.3 Å². The minimum absolute atomic E-state index is 0.0349. The number of halogens is 1. The van der Waals surface area contributed by atoms with Gasteiger partial charge in [0.1, 0.15) is 5.75 Å². The normalized spacial score (nSPS) is 14.2. The molecule has 1 amide bonds. The average Bonchev–Trinajstić information content (AvgIpc) is 2.72. The summed E-state index contributed by atoms with van der Waals surface area (Å²) in [5.74, 6) is 2.55. The fourth-order valence-corrected chi connectivity index (χ4v) is 4.35. The number of rotatable bonds is 9. The molecule has 28 heavy (non-hydrogen) atoms. The second-order valence-electron chi connectivity index (χ2n) is 7.12. The lowest BCUT2D eigenvalue weighted by atomic mass is 9.92. The van der Waals surface area contributed by atoms with Crippen molar-refractivity contribution in [3.05, 3.63) is 64.2 Å². The molecule has 0 radical (unpaired) electrons. The Bertz CT molecular complexity index is 779. The van der Waals surface area contributed by atoms with Crippen LogP contribution in [0.5, 0.6) is 5.75 Å². The summed E-state index contributed by atoms with van der Waals surface area (Å²) in [6.07, 6.45) is 4.98. The minimum Gasteiger partial charge on any atom is -0.481 e. The molecular formula is C23H28ClNO2S. The van der Waals surface area contributed by atoms with Crippen molar-refractivity contribution in [3.63, 3.8) is 0 Å². The smallest absolute Gasteiger partial charge is 0.261 e. The van der Waals surface area contributed by atoms with Crippen LogP contribution in [0, 0.1) is 0 Å². The zero-order valence-corrected chi connectivity index (χ0v) is 18.0. The van der Waals surface area contributed by atoms with E-state index in [-0.39, 0.29) is 5.91 Å². The van der Waals surface area contributed by atoms with Gasteiger partial charge in [0, 0.05) is 23.1 Å². The highest BCUT2D eigenvalue weighted by Crippen LogP contribution is 2.26. The van der Waals surface area contributed by atoms with Gasteiger partial charge in [-0.05, 0) is 73.1 Å². The highest BCUT2D eigenvalue weighted by molar-refractivity contribution is 7.98. The van der Waals surface area contributed by atoms with Gasteiger partial charge in [0.05, 0.1) is 0 Å². The lowest BCUT2D eigenvalue weighted by Crippen LogP contribution is -2.39. The molecule has 1 unspecified atom stereocenters. The van der Waals surface area contributed by atoms with Crippen LogP contribution in [-0.2, 0) is 23.4 Å². The molecule has 0 aliphatic heterocycles. The van der Waals surface area contributed by atoms with E-state index in [0.717, 1.165) is 35.1 Å². The van der Waals surface area contributed by atoms with E-state index in [2.05, 4.69) is 17.4 Å². The van der Waals surface area contributed by atoms with Crippen LogP contribution in [0.2, 0.25) is 5.02 Å². The summed E-state index contributed by atoms with van der Waals surface area (Å²) < 4.78 is 6.00. The van der Waals surface area contributed by atoms with Gasteiger partial charge < -0.3 is 10.1 Å². The first-order valence-electron chi connectivity index (χ1n) is 10.0. The van der Waals surface area contributed by atoms with Crippen LogP contribution in [0.1, 0.15) is 42.9 Å². The van der Waals surface area contributed by atoms with Crippen LogP contribution in [0.15, 0.2) is 42.5 Å². The SMILES string of the molecule is CCC(Oc1ccc2c(c1)CCCC2)C(=O)NCCSCc1ccc(Cl)cc1. The summed E-state index contributed by atoms with van der Waals surface area (Å²) in [5.41, 5.74) is 4.04. The fraction of sp³-hybridized carbons (Fsp3) is 0.435. The van der Waals surface area contributed by atoms with E-state index in [9.17, 15) is 4.79 Å². The van der Waals surface area contributed by atoms with Crippen LogP contribution < -0.4 is 10.1 Å². The first-order valence-corrected chi connectivity index (χ1v) is 11.6. The van der Waals surface area contributed by atoms with Crippen molar-refractivity contribution < 1.29 is 9.53 Å². The Morgan fingerprint density at radius 3 is 2.64 bits per heavy atom. The number of amides is 1. The number of ether oxygens (including phenoxy) is 1. The maximum atomic E-state index is 12.5. The Kier molecular flexibility index (Phi) is 8.11. The molecular weight excluding hydrogens is 390 g/mol. The number of hydrogen-bond acceptors (Lipinski definition) is 3. The number of fused-ring (bicyclic) bond motifs is 1. The van der Waals surface area contributed by atoms with E-state index in [1.165, 1.54) is 29.5 Å². The number of benzene rings is 2. The molecule has 5 heteroatoms. The van der Waals surface area contributed by atoms with Crippen LogP contribution >= 0.6 is 23.4 Å². The molecule has 1 aliphatic carbocycles. The molecule has 3 rings (SSSR count). The van der Waals surface area contributed by atoms with Gasteiger partial charge in [0.15, 0.2) is 6.10 Å². The lowest BCUT2D eigenvalue weighted by molar-refractivity contribution is -0.127. The zero-order chi connectivity index (χ0) is 19.8. The highest BCUT2D eigenvalue weighted by Gasteiger charge is 2.19. The summed E-state index contributed by atoms with van der Waals surface area (Å²) in [5, 5.41) is 3.76. The first kappa shape index (κ1) is 21.1. The van der Waals surface area contributed by atoms with Gasteiger partial charge in [-0.25, -0.2) is 0 Å². The number of nitrogens with one attached hydrogen (secondary N) is 1. The third-order valence-corrected chi connectivity index (χ3v) is 6.27. The van der Waals surface area contributed by atoms with Gasteiger partial charge in [0.2, 0.25) is 0 Å². The third-order valence-electron chi connectivity index (χ3n) is 4.99. The van der Waals surface area contributed by atoms with Crippen LogP contribution in [0.4, 0.5) is 0 Å². The number of carbonyl (C=O) groups excluding carboxylic acids is 1. The fourth-order valence-electron chi connectivity index (χ4n) is 3.40. The molecule has 1 atom stereocenters. The van der Waals surface area contributed by atoms with Crippen molar-refractivity contribution in [1.82, 2.24) is 5.32 Å². The maximum Gasteiger partial charge on any atom is 0.261 e. The predicted octanol–water partition coefficient (Wildman–Crippen LogP) is 5.43. The van der Waals surface area contributed by atoms with Crippen LogP contribution in [-0.4, -0.2) is 24.3 Å². The second-order valence-corrected chi connectivity index (χ2v) is 8.66. The molecule has 1 aliphatic rings. The van der Waals surface area contributed by atoms with Crippen molar-refractivity contribution in [2.45, 2.75) is 50.9 Å². The van der Waals surface area contributed by atoms with Gasteiger partial charge in [-0.2, -0.15) is 11.8 Å². The topological polar surface area (TPSA) is 38.3 Å². The number of carbonyl (C=O) groups is 1. The minimum atomic E-state index is -0.442. The number of hydrogen-bond donors (Lipinski definition) is 1. The molecule has 0 aromatic heterocycles. The van der Waals surface area contributed by atoms with E-state index in [1.807, 2.05) is 37.3 Å². The third kappa shape index (κ3) is 6.18. The number of thioether (sulfide) groups is 1. The van der Waals surface area contributed by atoms with Crippen molar-refractivity contribution in [1.29, 1.82) is 0 Å². The van der Waals surface area contributed by atoms with E-state index in [1.54, 1.807) is 11.8 Å². The first-order chi connectivity index (χ1) is 13.7. The summed E-state index contributed by atoms with van der Waals surface area (Å²) in [6.45, 7) is 2.62. The molecule has 0 bridgehead atoms. The molecule has 0 saturated carbocycles. The van der Waals surface area contributed by atoms with Crippen molar-refractivity contribution in [3.8, 4) is 5.75 Å². The molecule has 0 spiro atoms. The van der Waals surface area contributed by atoms with Crippen molar-refractivity contribution in [2.75, 3.05) is 12.3 Å². The predicted molar refractivity (Wildman–Crippen MR) is 118 cm³/mol. The highest BCUT2D eigenvalue weighted by atomic mass is 35.5. The summed E-state index contributed by atoms with van der Waals surface area (Å²) >= 11 is 7.69. The summed E-state index contributed by atoms with van der Waals surface area (Å²) in [6, 6.07) is 14.2. The Morgan fingerprint density at radius 1 is 1.14 bits per heavy atom. The Hall–Kier alpha value is -1.65. The van der Waals surface area contributed by atoms with E-state index in [4.69, 9.17) is 16.3 Å². The largest absolute Gasteiger partial charge is 0.481 e. The second kappa shape index (κ2) is 10.8. The molecule has 3 nitrogen and oxygen atoms in total. The molecule has 0 saturated heterocycles. The van der Waals surface area contributed by atoms with Gasteiger partial charge in [-0.1, -0.05) is 36.7 Å². The monoisotopic (exact) mass is 417 g/mol. The zero-order valence-electron chi connectivity index (χ0n) is 16.4. The van der Waals surface area contributed by atoms with E-state index in [0.29, 0.717) is 13.0 Å². The Morgan fingerprint density at radius 2 is 1.89 bits per heavy atom. The Balaban J connectivity index is 1.41. The standard InChI is InChI=1S/C23H28ClNO2S/c1-2-22(27-21-12-9-18-5-3-4-6-19(18)15-21)23(26)25-13-14-28-16-17-7-10-20(24)11-8-17/h7-12,15,22H,2-6,13-14,16H2,1H3,(H,25,26). The van der Waals surface area contributed by atoms with Crippen molar-refractivity contribution in [2.24, 2.45) is 0 Å². The van der Waals surface area contributed by atoms with Crippen LogP contribution in [0.25, 0.3) is 0 Å². The average molecular weight is 418 g/mol. The molecule has 2 aromatic rings. The lowest BCUT2D eigenvalue weighted by Gasteiger charge is -2.20. The molecule has 150 valence electrons. The summed E-state index contributed by atoms with van der Waals surface area (Å²) in [4.78, 5) is 12.5. The Labute approximate surface area is 177 Å². The van der Waals surface area contributed by atoms with E-state index < -0.39 is 6.10 Å². The summed E-state index contributed by atoms with van der Waals surface area (Å²) in [7, 11) is 0. The van der Waals surface area contributed by atoms with Gasteiger partial charge in [0.25, 0.3) is 5.91 Å². The molecule has 1 N–H and O–H groups in total. The quantitative estimate of drug-likeness (QED) is 0.553.